The third-order valence-electron chi connectivity index (χ3n) is 10.9. The van der Waals surface area contributed by atoms with E-state index < -0.39 is 0 Å². The van der Waals surface area contributed by atoms with Crippen LogP contribution >= 0.6 is 0 Å². The van der Waals surface area contributed by atoms with E-state index in [0.717, 1.165) is 99.5 Å². The monoisotopic (exact) mass is 703 g/mol. The molecule has 0 fully saturated rings. The molecule has 0 saturated carbocycles. The van der Waals surface area contributed by atoms with Crippen LogP contribution in [-0.2, 0) is 0 Å². The summed E-state index contributed by atoms with van der Waals surface area (Å²) in [6.07, 6.45) is 0. The SMILES string of the molecule is c1ccc(-c2ccc(N(c3ccc(-c4cccc5c4oc4ccccc45)cc3)c3cc(-c4ccccc4)cc4c3oc3c5ccccc5ccc43)cc2)cc1. The number of rotatable bonds is 6. The van der Waals surface area contributed by atoms with E-state index in [1.807, 2.05) is 12.1 Å². The molecule has 0 saturated heterocycles. The van der Waals surface area contributed by atoms with Gasteiger partial charge in [-0.15, -0.1) is 0 Å². The summed E-state index contributed by atoms with van der Waals surface area (Å²) in [5.74, 6) is 0. The Bertz CT molecular complexity index is 3180. The van der Waals surface area contributed by atoms with Gasteiger partial charge in [0.15, 0.2) is 5.58 Å². The normalized spacial score (nSPS) is 11.6. The lowest BCUT2D eigenvalue weighted by Gasteiger charge is -2.26. The molecule has 3 heteroatoms. The van der Waals surface area contributed by atoms with Crippen LogP contribution in [0.1, 0.15) is 0 Å². The van der Waals surface area contributed by atoms with Gasteiger partial charge in [-0.05, 0) is 81.7 Å². The molecule has 11 rings (SSSR count). The zero-order chi connectivity index (χ0) is 36.3. The molecule has 0 amide bonds. The Labute approximate surface area is 317 Å². The van der Waals surface area contributed by atoms with E-state index in [1.165, 1.54) is 5.56 Å². The summed E-state index contributed by atoms with van der Waals surface area (Å²) < 4.78 is 13.5. The highest BCUT2D eigenvalue weighted by Gasteiger charge is 2.23. The van der Waals surface area contributed by atoms with Crippen molar-refractivity contribution in [2.24, 2.45) is 0 Å². The van der Waals surface area contributed by atoms with Crippen molar-refractivity contribution in [1.29, 1.82) is 0 Å². The molecule has 0 aliphatic carbocycles. The summed E-state index contributed by atoms with van der Waals surface area (Å²) in [6.45, 7) is 0. The van der Waals surface area contributed by atoms with Crippen molar-refractivity contribution in [2.75, 3.05) is 4.90 Å². The summed E-state index contributed by atoms with van der Waals surface area (Å²) in [5, 5.41) is 6.68. The maximum absolute atomic E-state index is 7.02. The van der Waals surface area contributed by atoms with Gasteiger partial charge in [-0.1, -0.05) is 152 Å². The van der Waals surface area contributed by atoms with Crippen molar-refractivity contribution in [1.82, 2.24) is 0 Å². The number of hydrogen-bond acceptors (Lipinski definition) is 3. The molecule has 2 heterocycles. The summed E-state index contributed by atoms with van der Waals surface area (Å²) in [5.41, 5.74) is 13.3. The van der Waals surface area contributed by atoms with Crippen LogP contribution in [0, 0.1) is 0 Å². The van der Waals surface area contributed by atoms with Crippen molar-refractivity contribution in [2.45, 2.75) is 0 Å². The Morgan fingerprint density at radius 1 is 0.309 bits per heavy atom. The van der Waals surface area contributed by atoms with Crippen LogP contribution < -0.4 is 4.90 Å². The molecule has 9 aromatic carbocycles. The molecule has 2 aromatic heterocycles. The third-order valence-corrected chi connectivity index (χ3v) is 10.9. The van der Waals surface area contributed by atoms with E-state index in [2.05, 4.69) is 193 Å². The Morgan fingerprint density at radius 2 is 0.891 bits per heavy atom. The quantitative estimate of drug-likeness (QED) is 0.173. The van der Waals surface area contributed by atoms with E-state index >= 15 is 0 Å². The number of benzene rings is 9. The second-order valence-electron chi connectivity index (χ2n) is 14.1. The Balaban J connectivity index is 1.14. The van der Waals surface area contributed by atoms with Crippen molar-refractivity contribution in [3.8, 4) is 33.4 Å². The highest BCUT2D eigenvalue weighted by atomic mass is 16.3. The molecule has 3 nitrogen and oxygen atoms in total. The Morgan fingerprint density at radius 3 is 1.64 bits per heavy atom. The fourth-order valence-electron chi connectivity index (χ4n) is 8.18. The molecule has 0 unspecified atom stereocenters. The third kappa shape index (κ3) is 5.20. The molecular formula is C52H33NO2. The predicted octanol–water partition coefficient (Wildman–Crippen LogP) is 15.1. The summed E-state index contributed by atoms with van der Waals surface area (Å²) >= 11 is 0. The highest BCUT2D eigenvalue weighted by molar-refractivity contribution is 6.18. The molecular weight excluding hydrogens is 671 g/mol. The van der Waals surface area contributed by atoms with Crippen LogP contribution in [0.3, 0.4) is 0 Å². The maximum atomic E-state index is 7.02. The minimum absolute atomic E-state index is 0.842. The molecule has 0 bridgehead atoms. The number of nitrogens with zero attached hydrogens (tertiary/aromatic N) is 1. The number of anilines is 3. The van der Waals surface area contributed by atoms with Crippen molar-refractivity contribution < 1.29 is 8.83 Å². The van der Waals surface area contributed by atoms with Crippen LogP contribution in [0.2, 0.25) is 0 Å². The zero-order valence-electron chi connectivity index (χ0n) is 29.8. The number of hydrogen-bond donors (Lipinski definition) is 0. The zero-order valence-corrected chi connectivity index (χ0v) is 29.8. The molecule has 0 aliphatic rings. The van der Waals surface area contributed by atoms with Crippen molar-refractivity contribution in [3.63, 3.8) is 0 Å². The fourth-order valence-corrected chi connectivity index (χ4v) is 8.18. The predicted molar refractivity (Wildman–Crippen MR) is 229 cm³/mol. The first-order valence-corrected chi connectivity index (χ1v) is 18.7. The van der Waals surface area contributed by atoms with Gasteiger partial charge in [0, 0.05) is 43.9 Å². The van der Waals surface area contributed by atoms with Gasteiger partial charge in [0.1, 0.15) is 16.7 Å². The molecule has 11 aromatic rings. The molecule has 0 aliphatic heterocycles. The van der Waals surface area contributed by atoms with Crippen LogP contribution in [0.15, 0.2) is 209 Å². The largest absolute Gasteiger partial charge is 0.455 e. The number of para-hydroxylation sites is 2. The smallest absolute Gasteiger partial charge is 0.159 e. The van der Waals surface area contributed by atoms with Gasteiger partial charge < -0.3 is 13.7 Å². The second-order valence-corrected chi connectivity index (χ2v) is 14.1. The fraction of sp³-hybridized carbons (Fsp3) is 0. The standard InChI is InChI=1S/C52H33NO2/c1-3-12-34(13-4-1)36-22-27-40(28-23-36)53(41-29-24-38(25-30-41)43-19-11-20-45-44-18-9-10-21-49(44)54-50(43)45)48-33-39(35-14-5-2-6-15-35)32-47-46-31-26-37-16-7-8-17-42(37)51(46)55-52(47)48/h1-33H. The topological polar surface area (TPSA) is 29.5 Å². The molecule has 0 spiro atoms. The van der Waals surface area contributed by atoms with Crippen LogP contribution in [0.5, 0.6) is 0 Å². The van der Waals surface area contributed by atoms with Gasteiger partial charge in [0.2, 0.25) is 0 Å². The van der Waals surface area contributed by atoms with Crippen molar-refractivity contribution in [3.05, 3.63) is 200 Å². The summed E-state index contributed by atoms with van der Waals surface area (Å²) in [7, 11) is 0. The second kappa shape index (κ2) is 12.6. The van der Waals surface area contributed by atoms with Gasteiger partial charge in [0.25, 0.3) is 0 Å². The summed E-state index contributed by atoms with van der Waals surface area (Å²) in [6, 6.07) is 70.9. The van der Waals surface area contributed by atoms with E-state index in [-0.39, 0.29) is 0 Å². The first-order chi connectivity index (χ1) is 27.3. The maximum Gasteiger partial charge on any atom is 0.159 e. The van der Waals surface area contributed by atoms with Crippen LogP contribution in [0.25, 0.3) is 88.0 Å². The van der Waals surface area contributed by atoms with E-state index in [4.69, 9.17) is 8.83 Å². The van der Waals surface area contributed by atoms with Gasteiger partial charge in [0.05, 0.1) is 5.69 Å². The molecule has 55 heavy (non-hydrogen) atoms. The van der Waals surface area contributed by atoms with Crippen LogP contribution in [0.4, 0.5) is 17.1 Å². The molecule has 0 N–H and O–H groups in total. The van der Waals surface area contributed by atoms with Crippen LogP contribution in [-0.4, -0.2) is 0 Å². The Kier molecular flexibility index (Phi) is 7.17. The number of furan rings is 2. The van der Waals surface area contributed by atoms with Gasteiger partial charge in [-0.2, -0.15) is 0 Å². The highest BCUT2D eigenvalue weighted by Crippen LogP contribution is 2.46. The lowest BCUT2D eigenvalue weighted by Crippen LogP contribution is -2.10. The first kappa shape index (κ1) is 31.2. The molecule has 0 radical (unpaired) electrons. The average Bonchev–Trinajstić information content (AvgIpc) is 3.84. The average molecular weight is 704 g/mol. The lowest BCUT2D eigenvalue weighted by atomic mass is 9.99. The van der Waals surface area contributed by atoms with E-state index in [9.17, 15) is 0 Å². The summed E-state index contributed by atoms with van der Waals surface area (Å²) in [4.78, 5) is 2.33. The van der Waals surface area contributed by atoms with Gasteiger partial charge in [-0.3, -0.25) is 0 Å². The van der Waals surface area contributed by atoms with Crippen molar-refractivity contribution >= 4 is 71.7 Å². The van der Waals surface area contributed by atoms with Gasteiger partial charge in [-0.25, -0.2) is 0 Å². The van der Waals surface area contributed by atoms with E-state index in [0.29, 0.717) is 0 Å². The minimum Gasteiger partial charge on any atom is -0.455 e. The van der Waals surface area contributed by atoms with E-state index in [1.54, 1.807) is 0 Å². The number of fused-ring (bicyclic) bond motifs is 8. The molecule has 258 valence electrons. The minimum atomic E-state index is 0.842. The Hall–Kier alpha value is -7.36. The first-order valence-electron chi connectivity index (χ1n) is 18.7. The lowest BCUT2D eigenvalue weighted by molar-refractivity contribution is 0.670. The van der Waals surface area contributed by atoms with Gasteiger partial charge >= 0.3 is 0 Å². The molecule has 0 atom stereocenters.